The number of carbonyl (C=O) groups is 1. The van der Waals surface area contributed by atoms with Crippen LogP contribution in [0.2, 0.25) is 0 Å². The molecule has 0 atom stereocenters. The molecule has 2 rings (SSSR count). The molecule has 1 heterocycles. The van der Waals surface area contributed by atoms with E-state index in [0.717, 1.165) is 10.9 Å². The molecular weight excluding hydrogens is 204 g/mol. The number of hydrogen-bond acceptors (Lipinski definition) is 2. The summed E-state index contributed by atoms with van der Waals surface area (Å²) in [6.45, 7) is 0.290. The Morgan fingerprint density at radius 3 is 2.88 bits per heavy atom. The zero-order valence-corrected chi connectivity index (χ0v) is 9.38. The molecule has 0 radical (unpaired) electrons. The minimum absolute atomic E-state index is 0.0798. The number of carbonyl (C=O) groups excluding carboxylic acids is 1. The number of hydrogen-bond donors (Lipinski definition) is 0. The van der Waals surface area contributed by atoms with Gasteiger partial charge in [0.1, 0.15) is 6.54 Å². The van der Waals surface area contributed by atoms with Gasteiger partial charge in [0.2, 0.25) is 0 Å². The SMILES string of the molecule is CON(C)C(=O)Cn1ccc2ccccc21. The Hall–Kier alpha value is -1.81. The van der Waals surface area contributed by atoms with Crippen LogP contribution in [-0.2, 0) is 16.2 Å². The molecule has 0 bridgehead atoms. The maximum absolute atomic E-state index is 11.7. The van der Waals surface area contributed by atoms with Crippen molar-refractivity contribution in [1.82, 2.24) is 9.63 Å². The van der Waals surface area contributed by atoms with E-state index in [1.165, 1.54) is 12.2 Å². The summed E-state index contributed by atoms with van der Waals surface area (Å²) < 4.78 is 1.91. The lowest BCUT2D eigenvalue weighted by molar-refractivity contribution is -0.169. The van der Waals surface area contributed by atoms with Gasteiger partial charge >= 0.3 is 0 Å². The molecule has 84 valence electrons. The smallest absolute Gasteiger partial charge is 0.265 e. The predicted octanol–water partition coefficient (Wildman–Crippen LogP) is 1.66. The molecule has 0 unspecified atom stereocenters. The summed E-state index contributed by atoms with van der Waals surface area (Å²) in [6.07, 6.45) is 1.91. The van der Waals surface area contributed by atoms with Gasteiger partial charge < -0.3 is 4.57 Å². The molecule has 4 heteroatoms. The fourth-order valence-electron chi connectivity index (χ4n) is 1.63. The molecule has 0 N–H and O–H groups in total. The number of rotatable bonds is 3. The number of fused-ring (bicyclic) bond motifs is 1. The lowest BCUT2D eigenvalue weighted by atomic mass is 10.2. The van der Waals surface area contributed by atoms with Gasteiger partial charge in [0.05, 0.1) is 7.11 Å². The molecule has 0 saturated heterocycles. The quantitative estimate of drug-likeness (QED) is 0.734. The van der Waals surface area contributed by atoms with Gasteiger partial charge in [-0.25, -0.2) is 5.06 Å². The average Bonchev–Trinajstić information content (AvgIpc) is 2.72. The largest absolute Gasteiger partial charge is 0.338 e. The van der Waals surface area contributed by atoms with Gasteiger partial charge in [0.15, 0.2) is 0 Å². The number of benzene rings is 1. The maximum atomic E-state index is 11.7. The van der Waals surface area contributed by atoms with Crippen molar-refractivity contribution in [3.63, 3.8) is 0 Å². The Bertz CT molecular complexity index is 504. The summed E-state index contributed by atoms with van der Waals surface area (Å²) in [5, 5.41) is 2.37. The van der Waals surface area contributed by atoms with E-state index in [-0.39, 0.29) is 12.5 Å². The van der Waals surface area contributed by atoms with E-state index in [0.29, 0.717) is 0 Å². The second-order valence-corrected chi connectivity index (χ2v) is 3.58. The van der Waals surface area contributed by atoms with Crippen LogP contribution in [-0.4, -0.2) is 29.7 Å². The van der Waals surface area contributed by atoms with Gasteiger partial charge in [0.25, 0.3) is 5.91 Å². The van der Waals surface area contributed by atoms with Crippen LogP contribution in [0.3, 0.4) is 0 Å². The first-order chi connectivity index (χ1) is 7.72. The third-order valence-corrected chi connectivity index (χ3v) is 2.61. The van der Waals surface area contributed by atoms with E-state index >= 15 is 0 Å². The standard InChI is InChI=1S/C12H14N2O2/c1-13(16-2)12(15)9-14-8-7-10-5-3-4-6-11(10)14/h3-8H,9H2,1-2H3. The zero-order valence-electron chi connectivity index (χ0n) is 9.38. The van der Waals surface area contributed by atoms with E-state index in [9.17, 15) is 4.79 Å². The molecule has 0 aliphatic rings. The van der Waals surface area contributed by atoms with E-state index in [4.69, 9.17) is 4.84 Å². The van der Waals surface area contributed by atoms with Crippen LogP contribution < -0.4 is 0 Å². The molecule has 16 heavy (non-hydrogen) atoms. The number of para-hydroxylation sites is 1. The molecule has 1 amide bonds. The third kappa shape index (κ3) is 1.92. The van der Waals surface area contributed by atoms with Crippen molar-refractivity contribution in [2.24, 2.45) is 0 Å². The number of amides is 1. The number of aromatic nitrogens is 1. The van der Waals surface area contributed by atoms with Crippen LogP contribution in [0.1, 0.15) is 0 Å². The molecule has 0 aliphatic carbocycles. The van der Waals surface area contributed by atoms with Crippen LogP contribution in [0.4, 0.5) is 0 Å². The minimum Gasteiger partial charge on any atom is -0.338 e. The topological polar surface area (TPSA) is 34.5 Å². The van der Waals surface area contributed by atoms with Crippen molar-refractivity contribution in [1.29, 1.82) is 0 Å². The Kier molecular flexibility index (Phi) is 2.92. The second kappa shape index (κ2) is 4.37. The van der Waals surface area contributed by atoms with Crippen LogP contribution in [0.25, 0.3) is 10.9 Å². The van der Waals surface area contributed by atoms with Crippen LogP contribution in [0.5, 0.6) is 0 Å². The highest BCUT2D eigenvalue weighted by Gasteiger charge is 2.09. The van der Waals surface area contributed by atoms with Gasteiger partial charge in [-0.05, 0) is 17.5 Å². The first-order valence-electron chi connectivity index (χ1n) is 5.07. The number of likely N-dealkylation sites (N-methyl/N-ethyl adjacent to an activating group) is 1. The van der Waals surface area contributed by atoms with Gasteiger partial charge in [-0.15, -0.1) is 0 Å². The zero-order chi connectivity index (χ0) is 11.5. The predicted molar refractivity (Wildman–Crippen MR) is 61.7 cm³/mol. The van der Waals surface area contributed by atoms with Crippen molar-refractivity contribution in [3.05, 3.63) is 36.5 Å². The molecule has 0 saturated carbocycles. The van der Waals surface area contributed by atoms with Gasteiger partial charge in [-0.1, -0.05) is 18.2 Å². The highest BCUT2D eigenvalue weighted by molar-refractivity contribution is 5.82. The third-order valence-electron chi connectivity index (χ3n) is 2.61. The monoisotopic (exact) mass is 218 g/mol. The van der Waals surface area contributed by atoms with Crippen LogP contribution >= 0.6 is 0 Å². The van der Waals surface area contributed by atoms with E-state index in [2.05, 4.69) is 0 Å². The summed E-state index contributed by atoms with van der Waals surface area (Å²) >= 11 is 0. The number of hydroxylamine groups is 2. The first kappa shape index (κ1) is 10.7. The first-order valence-corrected chi connectivity index (χ1v) is 5.07. The van der Waals surface area contributed by atoms with E-state index in [1.807, 2.05) is 41.1 Å². The van der Waals surface area contributed by atoms with Crippen molar-refractivity contribution >= 4 is 16.8 Å². The molecule has 0 aliphatic heterocycles. The summed E-state index contributed by atoms with van der Waals surface area (Å²) in [5.74, 6) is -0.0798. The fraction of sp³-hybridized carbons (Fsp3) is 0.250. The molecule has 1 aromatic carbocycles. The normalized spacial score (nSPS) is 10.6. The Labute approximate surface area is 94.0 Å². The molecule has 4 nitrogen and oxygen atoms in total. The fourth-order valence-corrected chi connectivity index (χ4v) is 1.63. The lowest BCUT2D eigenvalue weighted by Gasteiger charge is -2.14. The van der Waals surface area contributed by atoms with E-state index < -0.39 is 0 Å². The average molecular weight is 218 g/mol. The van der Waals surface area contributed by atoms with Crippen molar-refractivity contribution in [2.75, 3.05) is 14.2 Å². The van der Waals surface area contributed by atoms with Crippen molar-refractivity contribution < 1.29 is 9.63 Å². The van der Waals surface area contributed by atoms with Crippen molar-refractivity contribution in [2.45, 2.75) is 6.54 Å². The summed E-state index contributed by atoms with van der Waals surface area (Å²) in [6, 6.07) is 9.96. The highest BCUT2D eigenvalue weighted by Crippen LogP contribution is 2.14. The van der Waals surface area contributed by atoms with Crippen molar-refractivity contribution in [3.8, 4) is 0 Å². The minimum atomic E-state index is -0.0798. The lowest BCUT2D eigenvalue weighted by Crippen LogP contribution is -2.28. The summed E-state index contributed by atoms with van der Waals surface area (Å²) in [7, 11) is 3.08. The molecular formula is C12H14N2O2. The number of nitrogens with zero attached hydrogens (tertiary/aromatic N) is 2. The molecule has 1 aromatic heterocycles. The molecule has 0 fully saturated rings. The Morgan fingerprint density at radius 2 is 2.12 bits per heavy atom. The van der Waals surface area contributed by atoms with Gasteiger partial charge in [-0.3, -0.25) is 9.63 Å². The van der Waals surface area contributed by atoms with Crippen LogP contribution in [0, 0.1) is 0 Å². The van der Waals surface area contributed by atoms with E-state index in [1.54, 1.807) is 7.05 Å². The van der Waals surface area contributed by atoms with Gasteiger partial charge in [-0.2, -0.15) is 0 Å². The van der Waals surface area contributed by atoms with Gasteiger partial charge in [0, 0.05) is 18.8 Å². The molecule has 2 aromatic rings. The maximum Gasteiger partial charge on any atom is 0.265 e. The molecule has 0 spiro atoms. The summed E-state index contributed by atoms with van der Waals surface area (Å²) in [4.78, 5) is 16.5. The summed E-state index contributed by atoms with van der Waals surface area (Å²) in [5.41, 5.74) is 1.06. The Morgan fingerprint density at radius 1 is 1.38 bits per heavy atom. The highest BCUT2D eigenvalue weighted by atomic mass is 16.7. The Balaban J connectivity index is 2.25. The second-order valence-electron chi connectivity index (χ2n) is 3.58. The van der Waals surface area contributed by atoms with Crippen LogP contribution in [0.15, 0.2) is 36.5 Å².